The first kappa shape index (κ1) is 21.2. The molecule has 1 aromatic heterocycles. The molecule has 0 saturated heterocycles. The van der Waals surface area contributed by atoms with Crippen LogP contribution in [0.4, 0.5) is 0 Å². The van der Waals surface area contributed by atoms with Gasteiger partial charge in [-0.3, -0.25) is 9.88 Å². The number of aryl methyl sites for hydroxylation is 1. The number of pyridine rings is 1. The van der Waals surface area contributed by atoms with Gasteiger partial charge in [-0.05, 0) is 66.8 Å². The fourth-order valence-corrected chi connectivity index (χ4v) is 4.45. The molecule has 0 bridgehead atoms. The number of methoxy groups -OCH3 is 3. The molecule has 3 aromatic rings. The summed E-state index contributed by atoms with van der Waals surface area (Å²) in [7, 11) is 5.12. The average molecular weight is 419 g/mol. The number of ether oxygens (including phenoxy) is 3. The minimum atomic E-state index is 0.768. The van der Waals surface area contributed by atoms with Crippen LogP contribution in [0.3, 0.4) is 0 Å². The highest BCUT2D eigenvalue weighted by atomic mass is 16.5. The SMILES string of the molecule is COc1ccccc1-c1c2c(cc(OC)c1OC)CCN(CCCc1ccncc1)C2. The summed E-state index contributed by atoms with van der Waals surface area (Å²) in [6.07, 6.45) is 6.91. The van der Waals surface area contributed by atoms with E-state index in [9.17, 15) is 0 Å². The van der Waals surface area contributed by atoms with Gasteiger partial charge in [-0.25, -0.2) is 0 Å². The van der Waals surface area contributed by atoms with Gasteiger partial charge in [0.05, 0.1) is 21.3 Å². The van der Waals surface area contributed by atoms with Crippen molar-refractivity contribution in [1.82, 2.24) is 9.88 Å². The summed E-state index contributed by atoms with van der Waals surface area (Å²) in [5.41, 5.74) is 6.08. The molecule has 2 heterocycles. The summed E-state index contributed by atoms with van der Waals surface area (Å²) in [6.45, 7) is 2.99. The topological polar surface area (TPSA) is 43.8 Å². The molecule has 0 aliphatic carbocycles. The lowest BCUT2D eigenvalue weighted by atomic mass is 9.89. The number of rotatable bonds is 8. The van der Waals surface area contributed by atoms with Crippen LogP contribution in [0.5, 0.6) is 17.2 Å². The molecule has 4 rings (SSSR count). The van der Waals surface area contributed by atoms with Crippen LogP contribution in [0.2, 0.25) is 0 Å². The second-order valence-electron chi connectivity index (χ2n) is 7.81. The highest BCUT2D eigenvalue weighted by molar-refractivity contribution is 5.82. The van der Waals surface area contributed by atoms with Crippen molar-refractivity contribution in [3.63, 3.8) is 0 Å². The molecule has 0 fully saturated rings. The molecule has 1 aliphatic heterocycles. The molecular weight excluding hydrogens is 388 g/mol. The van der Waals surface area contributed by atoms with Crippen molar-refractivity contribution in [2.24, 2.45) is 0 Å². The molecule has 31 heavy (non-hydrogen) atoms. The second-order valence-corrected chi connectivity index (χ2v) is 7.81. The van der Waals surface area contributed by atoms with E-state index in [4.69, 9.17) is 14.2 Å². The first-order valence-electron chi connectivity index (χ1n) is 10.8. The van der Waals surface area contributed by atoms with Crippen molar-refractivity contribution in [2.45, 2.75) is 25.8 Å². The Morgan fingerprint density at radius 1 is 0.935 bits per heavy atom. The number of fused-ring (bicyclic) bond motifs is 1. The lowest BCUT2D eigenvalue weighted by Gasteiger charge is -2.32. The number of benzene rings is 2. The summed E-state index contributed by atoms with van der Waals surface area (Å²) in [6, 6.07) is 14.5. The quantitative estimate of drug-likeness (QED) is 0.527. The van der Waals surface area contributed by atoms with Crippen LogP contribution in [0.25, 0.3) is 11.1 Å². The Balaban J connectivity index is 1.65. The van der Waals surface area contributed by atoms with Crippen LogP contribution in [0, 0.1) is 0 Å². The molecular formula is C26H30N2O3. The summed E-state index contributed by atoms with van der Waals surface area (Å²) >= 11 is 0. The molecule has 5 heteroatoms. The van der Waals surface area contributed by atoms with E-state index >= 15 is 0 Å². The van der Waals surface area contributed by atoms with Crippen LogP contribution >= 0.6 is 0 Å². The van der Waals surface area contributed by atoms with Gasteiger partial charge in [-0.1, -0.05) is 18.2 Å². The molecule has 0 radical (unpaired) electrons. The third-order valence-corrected chi connectivity index (χ3v) is 6.01. The van der Waals surface area contributed by atoms with Crippen LogP contribution in [-0.2, 0) is 19.4 Å². The first-order chi connectivity index (χ1) is 15.2. The van der Waals surface area contributed by atoms with Gasteiger partial charge < -0.3 is 14.2 Å². The minimum absolute atomic E-state index is 0.768. The van der Waals surface area contributed by atoms with Crippen LogP contribution in [0.1, 0.15) is 23.1 Å². The number of hydrogen-bond donors (Lipinski definition) is 0. The van der Waals surface area contributed by atoms with Gasteiger partial charge in [0.25, 0.3) is 0 Å². The van der Waals surface area contributed by atoms with Crippen molar-refractivity contribution in [3.8, 4) is 28.4 Å². The standard InChI is InChI=1S/C26H30N2O3/c1-29-23-9-5-4-8-21(23)25-22-18-28(15-6-7-19-10-13-27-14-11-19)16-12-20(22)17-24(30-2)26(25)31-3/h4-5,8-11,13-14,17H,6-7,12,15-16,18H2,1-3H3. The maximum absolute atomic E-state index is 5.86. The average Bonchev–Trinajstić information content (AvgIpc) is 2.83. The molecule has 0 amide bonds. The van der Waals surface area contributed by atoms with Crippen molar-refractivity contribution in [3.05, 3.63) is 71.5 Å². The smallest absolute Gasteiger partial charge is 0.169 e. The zero-order valence-corrected chi connectivity index (χ0v) is 18.6. The molecule has 0 spiro atoms. The van der Waals surface area contributed by atoms with Crippen LogP contribution in [-0.4, -0.2) is 44.3 Å². The maximum Gasteiger partial charge on any atom is 0.169 e. The molecule has 0 atom stereocenters. The summed E-state index contributed by atoms with van der Waals surface area (Å²) < 4.78 is 17.2. The Hall–Kier alpha value is -3.05. The minimum Gasteiger partial charge on any atom is -0.496 e. The van der Waals surface area contributed by atoms with Gasteiger partial charge >= 0.3 is 0 Å². The van der Waals surface area contributed by atoms with E-state index in [-0.39, 0.29) is 0 Å². The van der Waals surface area contributed by atoms with E-state index in [2.05, 4.69) is 34.1 Å². The highest BCUT2D eigenvalue weighted by Crippen LogP contribution is 2.46. The maximum atomic E-state index is 5.86. The van der Waals surface area contributed by atoms with Crippen molar-refractivity contribution in [2.75, 3.05) is 34.4 Å². The van der Waals surface area contributed by atoms with Gasteiger partial charge in [0.1, 0.15) is 5.75 Å². The fourth-order valence-electron chi connectivity index (χ4n) is 4.45. The predicted octanol–water partition coefficient (Wildman–Crippen LogP) is 4.77. The van der Waals surface area contributed by atoms with Crippen LogP contribution < -0.4 is 14.2 Å². The fraction of sp³-hybridized carbons (Fsp3) is 0.346. The van der Waals surface area contributed by atoms with Gasteiger partial charge in [-0.15, -0.1) is 0 Å². The highest BCUT2D eigenvalue weighted by Gasteiger charge is 2.27. The van der Waals surface area contributed by atoms with E-state index < -0.39 is 0 Å². The number of nitrogens with zero attached hydrogens (tertiary/aromatic N) is 2. The summed E-state index contributed by atoms with van der Waals surface area (Å²) in [4.78, 5) is 6.64. The second kappa shape index (κ2) is 9.84. The summed E-state index contributed by atoms with van der Waals surface area (Å²) in [5.74, 6) is 2.38. The van der Waals surface area contributed by atoms with Crippen molar-refractivity contribution in [1.29, 1.82) is 0 Å². The summed E-state index contributed by atoms with van der Waals surface area (Å²) in [5, 5.41) is 0. The molecule has 0 saturated carbocycles. The third-order valence-electron chi connectivity index (χ3n) is 6.01. The van der Waals surface area contributed by atoms with Gasteiger partial charge in [-0.2, -0.15) is 0 Å². The van der Waals surface area contributed by atoms with Crippen molar-refractivity contribution >= 4 is 0 Å². The molecule has 162 valence electrons. The van der Waals surface area contributed by atoms with Crippen molar-refractivity contribution < 1.29 is 14.2 Å². The number of hydrogen-bond acceptors (Lipinski definition) is 5. The zero-order chi connectivity index (χ0) is 21.6. The normalized spacial score (nSPS) is 13.5. The van der Waals surface area contributed by atoms with E-state index in [0.717, 1.165) is 67.3 Å². The molecule has 0 unspecified atom stereocenters. The molecule has 0 N–H and O–H groups in total. The Morgan fingerprint density at radius 3 is 2.45 bits per heavy atom. The Labute approximate surface area is 184 Å². The Kier molecular flexibility index (Phi) is 6.73. The van der Waals surface area contributed by atoms with Gasteiger partial charge in [0, 0.05) is 36.6 Å². The molecule has 5 nitrogen and oxygen atoms in total. The monoisotopic (exact) mass is 418 g/mol. The largest absolute Gasteiger partial charge is 0.496 e. The Bertz CT molecular complexity index is 1020. The van der Waals surface area contributed by atoms with E-state index in [0.29, 0.717) is 0 Å². The number of aromatic nitrogens is 1. The van der Waals surface area contributed by atoms with E-state index in [1.807, 2.05) is 30.6 Å². The van der Waals surface area contributed by atoms with E-state index in [1.54, 1.807) is 21.3 Å². The third kappa shape index (κ3) is 4.52. The molecule has 2 aromatic carbocycles. The van der Waals surface area contributed by atoms with Gasteiger partial charge in [0.2, 0.25) is 0 Å². The molecule has 1 aliphatic rings. The first-order valence-corrected chi connectivity index (χ1v) is 10.8. The van der Waals surface area contributed by atoms with Crippen LogP contribution in [0.15, 0.2) is 54.9 Å². The number of para-hydroxylation sites is 1. The zero-order valence-electron chi connectivity index (χ0n) is 18.6. The van der Waals surface area contributed by atoms with E-state index in [1.165, 1.54) is 16.7 Å². The lowest BCUT2D eigenvalue weighted by molar-refractivity contribution is 0.250. The predicted molar refractivity (Wildman–Crippen MR) is 123 cm³/mol. The van der Waals surface area contributed by atoms with Gasteiger partial charge in [0.15, 0.2) is 11.5 Å². The lowest BCUT2D eigenvalue weighted by Crippen LogP contribution is -2.32. The Morgan fingerprint density at radius 2 is 1.71 bits per heavy atom.